The van der Waals surface area contributed by atoms with E-state index in [9.17, 15) is 9.50 Å². The lowest BCUT2D eigenvalue weighted by atomic mass is 9.94. The predicted octanol–water partition coefficient (Wildman–Crippen LogP) is 6.39. The Morgan fingerprint density at radius 3 is 2.51 bits per heavy atom. The lowest BCUT2D eigenvalue weighted by Crippen LogP contribution is -2.43. The van der Waals surface area contributed by atoms with E-state index in [0.717, 1.165) is 71.1 Å². The van der Waals surface area contributed by atoms with Crippen molar-refractivity contribution in [1.29, 1.82) is 0 Å². The molecule has 3 fully saturated rings. The van der Waals surface area contributed by atoms with E-state index in [2.05, 4.69) is 19.8 Å². The SMILES string of the molecule is CCc1c(F)ccc2cc(O)cc(-c3ncc4c(N5CCCCC5)nc(OCC56CCCN5CCC6)nc4c3F)c12. The number of rotatable bonds is 6. The zero-order valence-corrected chi connectivity index (χ0v) is 23.4. The van der Waals surface area contributed by atoms with Gasteiger partial charge in [-0.25, -0.2) is 8.78 Å². The molecule has 0 amide bonds. The van der Waals surface area contributed by atoms with E-state index in [1.54, 1.807) is 18.3 Å². The zero-order chi connectivity index (χ0) is 28.1. The molecule has 9 heteroatoms. The van der Waals surface area contributed by atoms with Crippen LogP contribution in [-0.2, 0) is 6.42 Å². The highest BCUT2D eigenvalue weighted by molar-refractivity contribution is 6.01. The molecule has 7 nitrogen and oxygen atoms in total. The fourth-order valence-electron chi connectivity index (χ4n) is 7.31. The predicted molar refractivity (Wildman–Crippen MR) is 156 cm³/mol. The van der Waals surface area contributed by atoms with E-state index < -0.39 is 5.82 Å². The van der Waals surface area contributed by atoms with Crippen LogP contribution < -0.4 is 9.64 Å². The maximum atomic E-state index is 16.6. The molecule has 0 bridgehead atoms. The summed E-state index contributed by atoms with van der Waals surface area (Å²) in [5.41, 5.74) is 0.939. The number of benzene rings is 2. The van der Waals surface area contributed by atoms with Gasteiger partial charge in [-0.1, -0.05) is 13.0 Å². The summed E-state index contributed by atoms with van der Waals surface area (Å²) < 4.78 is 37.8. The Morgan fingerprint density at radius 2 is 1.76 bits per heavy atom. The smallest absolute Gasteiger partial charge is 0.319 e. The van der Waals surface area contributed by atoms with Gasteiger partial charge in [0, 0.05) is 24.8 Å². The highest BCUT2D eigenvalue weighted by atomic mass is 19.1. The minimum absolute atomic E-state index is 0.00661. The first-order chi connectivity index (χ1) is 20.0. The van der Waals surface area contributed by atoms with Gasteiger partial charge >= 0.3 is 6.01 Å². The van der Waals surface area contributed by atoms with E-state index in [-0.39, 0.29) is 34.3 Å². The first-order valence-corrected chi connectivity index (χ1v) is 14.9. The monoisotopic (exact) mass is 559 g/mol. The average molecular weight is 560 g/mol. The molecule has 0 spiro atoms. The fraction of sp³-hybridized carbons (Fsp3) is 0.469. The van der Waals surface area contributed by atoms with Crippen molar-refractivity contribution in [3.8, 4) is 23.0 Å². The third-order valence-electron chi connectivity index (χ3n) is 9.34. The summed E-state index contributed by atoms with van der Waals surface area (Å²) >= 11 is 0. The molecule has 3 aliphatic rings. The fourth-order valence-corrected chi connectivity index (χ4v) is 7.31. The molecular formula is C32H35F2N5O2. The Kier molecular flexibility index (Phi) is 6.64. The molecule has 4 aromatic rings. The van der Waals surface area contributed by atoms with E-state index >= 15 is 4.39 Å². The summed E-state index contributed by atoms with van der Waals surface area (Å²) in [5, 5.41) is 12.2. The molecule has 5 heterocycles. The first-order valence-electron chi connectivity index (χ1n) is 14.9. The lowest BCUT2D eigenvalue weighted by Gasteiger charge is -2.32. The molecular weight excluding hydrogens is 524 g/mol. The summed E-state index contributed by atoms with van der Waals surface area (Å²) in [6.45, 7) is 6.15. The van der Waals surface area contributed by atoms with Crippen LogP contribution in [0.4, 0.5) is 14.6 Å². The Hall–Kier alpha value is -3.59. The molecule has 3 aliphatic heterocycles. The number of aromatic nitrogens is 3. The molecule has 2 aromatic carbocycles. The Bertz CT molecular complexity index is 1630. The van der Waals surface area contributed by atoms with Gasteiger partial charge < -0.3 is 14.7 Å². The molecule has 1 N–H and O–H groups in total. The molecule has 0 radical (unpaired) electrons. The first kappa shape index (κ1) is 26.3. The van der Waals surface area contributed by atoms with Gasteiger partial charge in [0.25, 0.3) is 0 Å². The number of anilines is 1. The van der Waals surface area contributed by atoms with E-state index in [1.807, 2.05) is 6.92 Å². The third kappa shape index (κ3) is 4.45. The summed E-state index contributed by atoms with van der Waals surface area (Å²) in [6.07, 6.45) is 9.73. The van der Waals surface area contributed by atoms with Crippen LogP contribution in [-0.4, -0.2) is 63.3 Å². The molecule has 0 saturated carbocycles. The molecule has 214 valence electrons. The average Bonchev–Trinajstić information content (AvgIpc) is 3.57. The molecule has 7 rings (SSSR count). The largest absolute Gasteiger partial charge is 0.508 e. The number of phenols is 1. The number of ether oxygens (including phenoxy) is 1. The summed E-state index contributed by atoms with van der Waals surface area (Å²) in [4.78, 5) is 18.7. The van der Waals surface area contributed by atoms with Crippen molar-refractivity contribution in [3.05, 3.63) is 47.7 Å². The molecule has 41 heavy (non-hydrogen) atoms. The van der Waals surface area contributed by atoms with Crippen LogP contribution in [0.25, 0.3) is 32.9 Å². The number of fused-ring (bicyclic) bond motifs is 3. The van der Waals surface area contributed by atoms with Crippen LogP contribution in [0.15, 0.2) is 30.5 Å². The molecule has 0 aliphatic carbocycles. The molecule has 0 atom stereocenters. The normalized spacial score (nSPS) is 18.9. The molecule has 0 unspecified atom stereocenters. The standard InChI is InChI=1S/C32H35F2N5O2/c1-2-22-25(33)9-8-20-16-21(40)17-23(26(20)22)28-27(34)29-24(18-35-28)30(38-12-4-3-5-13-38)37-31(36-29)41-19-32-10-6-14-39(32)15-7-11-32/h8-9,16-18,40H,2-7,10-15,19H2,1H3. The van der Waals surface area contributed by atoms with Crippen molar-refractivity contribution in [1.82, 2.24) is 19.9 Å². The minimum Gasteiger partial charge on any atom is -0.508 e. The third-order valence-corrected chi connectivity index (χ3v) is 9.34. The number of aromatic hydroxyl groups is 1. The summed E-state index contributed by atoms with van der Waals surface area (Å²) in [6, 6.07) is 6.17. The Balaban J connectivity index is 1.38. The van der Waals surface area contributed by atoms with Crippen molar-refractivity contribution in [2.24, 2.45) is 0 Å². The number of pyridine rings is 1. The van der Waals surface area contributed by atoms with E-state index in [4.69, 9.17) is 9.72 Å². The highest BCUT2D eigenvalue weighted by Gasteiger charge is 2.45. The van der Waals surface area contributed by atoms with Crippen LogP contribution in [0.3, 0.4) is 0 Å². The topological polar surface area (TPSA) is 74.6 Å². The van der Waals surface area contributed by atoms with Gasteiger partial charge in [-0.3, -0.25) is 9.88 Å². The maximum absolute atomic E-state index is 16.6. The van der Waals surface area contributed by atoms with Crippen LogP contribution in [0.2, 0.25) is 0 Å². The van der Waals surface area contributed by atoms with Gasteiger partial charge in [-0.2, -0.15) is 9.97 Å². The number of aryl methyl sites for hydroxylation is 1. The van der Waals surface area contributed by atoms with Crippen molar-refractivity contribution in [3.63, 3.8) is 0 Å². The summed E-state index contributed by atoms with van der Waals surface area (Å²) in [5.74, 6) is -0.408. The maximum Gasteiger partial charge on any atom is 0.319 e. The van der Waals surface area contributed by atoms with Gasteiger partial charge in [0.15, 0.2) is 5.82 Å². The minimum atomic E-state index is -0.632. The number of hydrogen-bond donors (Lipinski definition) is 1. The number of halogens is 2. The van der Waals surface area contributed by atoms with Crippen LogP contribution in [0, 0.1) is 11.6 Å². The molecule has 3 saturated heterocycles. The second-order valence-electron chi connectivity index (χ2n) is 11.7. The number of phenolic OH excluding ortho intramolecular Hbond substituents is 1. The zero-order valence-electron chi connectivity index (χ0n) is 23.4. The second-order valence-corrected chi connectivity index (χ2v) is 11.7. The van der Waals surface area contributed by atoms with E-state index in [1.165, 1.54) is 12.1 Å². The van der Waals surface area contributed by atoms with Gasteiger partial charge in [0.2, 0.25) is 0 Å². The van der Waals surface area contributed by atoms with Crippen LogP contribution in [0.1, 0.15) is 57.4 Å². The van der Waals surface area contributed by atoms with Crippen molar-refractivity contribution >= 4 is 27.5 Å². The molecule has 2 aromatic heterocycles. The van der Waals surface area contributed by atoms with Crippen molar-refractivity contribution < 1.29 is 18.6 Å². The van der Waals surface area contributed by atoms with Gasteiger partial charge in [0.05, 0.1) is 10.9 Å². The van der Waals surface area contributed by atoms with Crippen molar-refractivity contribution in [2.45, 2.75) is 63.8 Å². The lowest BCUT2D eigenvalue weighted by molar-refractivity contribution is 0.108. The second kappa shape index (κ2) is 10.4. The van der Waals surface area contributed by atoms with E-state index in [0.29, 0.717) is 46.1 Å². The highest BCUT2D eigenvalue weighted by Crippen LogP contribution is 2.41. The Morgan fingerprint density at radius 1 is 0.976 bits per heavy atom. The number of hydrogen-bond acceptors (Lipinski definition) is 7. The number of piperidine rings is 1. The summed E-state index contributed by atoms with van der Waals surface area (Å²) in [7, 11) is 0. The van der Waals surface area contributed by atoms with Crippen molar-refractivity contribution in [2.75, 3.05) is 37.7 Å². The van der Waals surface area contributed by atoms with Crippen LogP contribution in [0.5, 0.6) is 11.8 Å². The van der Waals surface area contributed by atoms with Gasteiger partial charge in [0.1, 0.15) is 35.2 Å². The quantitative estimate of drug-likeness (QED) is 0.294. The van der Waals surface area contributed by atoms with Crippen LogP contribution >= 0.6 is 0 Å². The van der Waals surface area contributed by atoms with Gasteiger partial charge in [-0.05, 0) is 99.0 Å². The van der Waals surface area contributed by atoms with Gasteiger partial charge in [-0.15, -0.1) is 0 Å². The Labute approximate surface area is 238 Å². The number of nitrogens with zero attached hydrogens (tertiary/aromatic N) is 5.